The van der Waals surface area contributed by atoms with Crippen molar-refractivity contribution < 1.29 is 141 Å². The number of carbonyl (C=O) groups is 11. The maximum absolute atomic E-state index is 13.9. The molecule has 9 unspecified atom stereocenters. The van der Waals surface area contributed by atoms with Gasteiger partial charge in [0.25, 0.3) is 0 Å². The van der Waals surface area contributed by atoms with Crippen LogP contribution in [-0.2, 0) is 95.4 Å². The number of nitrogens with one attached hydrogen (secondary N) is 10. The van der Waals surface area contributed by atoms with Crippen LogP contribution < -0.4 is 53.2 Å². The van der Waals surface area contributed by atoms with E-state index in [1.54, 1.807) is 6.92 Å². The molecule has 15 atom stereocenters. The van der Waals surface area contributed by atoms with Gasteiger partial charge in [0.1, 0.15) is 90.2 Å². The van der Waals surface area contributed by atoms with E-state index in [9.17, 15) is 98.7 Å². The fourth-order valence-corrected chi connectivity index (χ4v) is 12.5. The van der Waals surface area contributed by atoms with E-state index < -0.39 is 135 Å². The molecule has 114 heavy (non-hydrogen) atoms. The molecule has 3 rings (SSSR count). The van der Waals surface area contributed by atoms with Crippen molar-refractivity contribution in [2.45, 2.75) is 286 Å². The van der Waals surface area contributed by atoms with Gasteiger partial charge < -0.3 is 147 Å². The van der Waals surface area contributed by atoms with Crippen LogP contribution in [0.4, 0.5) is 0 Å². The van der Waals surface area contributed by atoms with Gasteiger partial charge in [-0.3, -0.25) is 47.9 Å². The summed E-state index contributed by atoms with van der Waals surface area (Å²) in [5.74, 6) is -3.25. The van der Waals surface area contributed by atoms with Crippen molar-refractivity contribution in [2.24, 2.45) is 0 Å². The number of carbonyl (C=O) groups excluding carboxylic acids is 11. The molecule has 3 heterocycles. The molecule has 0 saturated carbocycles. The smallest absolute Gasteiger partial charge is 0.222 e. The lowest BCUT2D eigenvalue weighted by Crippen LogP contribution is -2.64. The Morgan fingerprint density at radius 3 is 0.939 bits per heavy atom. The first-order valence-electron chi connectivity index (χ1n) is 40.3. The zero-order valence-corrected chi connectivity index (χ0v) is 67.0. The van der Waals surface area contributed by atoms with Crippen LogP contribution in [0.1, 0.15) is 188 Å². The summed E-state index contributed by atoms with van der Waals surface area (Å²) in [5, 5.41) is 119. The zero-order valence-electron chi connectivity index (χ0n) is 67.0. The third kappa shape index (κ3) is 43.9. The number of rotatable bonds is 65. The highest BCUT2D eigenvalue weighted by molar-refractivity contribution is 5.81. The SMILES string of the molecule is CC(=O)CCCCCCCCCCC(=O)NC(COCCC(=O)CNCCCNC(=O)CCCCO[C@@H]1OC(CO)[C@@H](O)C(O)C1NC(C)=O)(COCCC(=O)NCCCNC(=O)CCCCO[C@@H]1OC(CO)[C@@H](O)C(O)C1NC(C)=O)COCCC(=O)NCCCNC(=O)CCCCO[C@@H]1OC(CO)[C@@H](O)C(O)C1NC(C)=O. The highest BCUT2D eigenvalue weighted by Gasteiger charge is 2.48. The van der Waals surface area contributed by atoms with Crippen molar-refractivity contribution in [3.8, 4) is 0 Å². The Morgan fingerprint density at radius 1 is 0.325 bits per heavy atom. The average Bonchev–Trinajstić information content (AvgIpc) is 0.818. The number of hydrogen-bond donors (Lipinski definition) is 19. The van der Waals surface area contributed by atoms with Gasteiger partial charge in [-0.15, -0.1) is 0 Å². The molecule has 0 bridgehead atoms. The molecule has 3 saturated heterocycles. The zero-order chi connectivity index (χ0) is 84.1. The molecule has 9 amide bonds. The summed E-state index contributed by atoms with van der Waals surface area (Å²) < 4.78 is 52.2. The summed E-state index contributed by atoms with van der Waals surface area (Å²) >= 11 is 0. The maximum atomic E-state index is 13.9. The van der Waals surface area contributed by atoms with Gasteiger partial charge in [-0.05, 0) is 84.1 Å². The normalized spacial score (nSPS) is 24.0. The van der Waals surface area contributed by atoms with Gasteiger partial charge in [-0.25, -0.2) is 0 Å². The quantitative estimate of drug-likeness (QED) is 0.0257. The van der Waals surface area contributed by atoms with Gasteiger partial charge in [0.05, 0.1) is 66.0 Å². The molecule has 0 aromatic heterocycles. The minimum Gasteiger partial charge on any atom is -0.394 e. The van der Waals surface area contributed by atoms with Crippen molar-refractivity contribution >= 4 is 64.7 Å². The number of aliphatic hydroxyl groups is 9. The molecular weight excluding hydrogens is 1500 g/mol. The second-order valence-corrected chi connectivity index (χ2v) is 29.1. The predicted octanol–water partition coefficient (Wildman–Crippen LogP) is -4.15. The highest BCUT2D eigenvalue weighted by Crippen LogP contribution is 2.26. The van der Waals surface area contributed by atoms with Crippen molar-refractivity contribution in [3.63, 3.8) is 0 Å². The van der Waals surface area contributed by atoms with Gasteiger partial charge >= 0.3 is 0 Å². The molecule has 0 aromatic carbocycles. The van der Waals surface area contributed by atoms with Crippen LogP contribution >= 0.6 is 0 Å². The van der Waals surface area contributed by atoms with Crippen LogP contribution in [0.3, 0.4) is 0 Å². The molecule has 0 radical (unpaired) electrons. The Bertz CT molecular complexity index is 2690. The van der Waals surface area contributed by atoms with Crippen LogP contribution in [0, 0.1) is 0 Å². The molecule has 0 spiro atoms. The fraction of sp³-hybridized carbons (Fsp3) is 0.853. The number of amides is 9. The van der Waals surface area contributed by atoms with E-state index in [4.69, 9.17) is 42.6 Å². The van der Waals surface area contributed by atoms with Crippen LogP contribution in [0.5, 0.6) is 0 Å². The van der Waals surface area contributed by atoms with Gasteiger partial charge in [0.15, 0.2) is 18.9 Å². The van der Waals surface area contributed by atoms with Crippen LogP contribution in [0.2, 0.25) is 0 Å². The fourth-order valence-electron chi connectivity index (χ4n) is 12.5. The number of Topliss-reactive ketones (excluding diaryl/α,β-unsaturated/α-hetero) is 2. The molecule has 39 heteroatoms. The van der Waals surface area contributed by atoms with E-state index in [1.807, 2.05) is 0 Å². The Hall–Kier alpha value is -6.19. The van der Waals surface area contributed by atoms with Crippen LogP contribution in [0.15, 0.2) is 0 Å². The summed E-state index contributed by atoms with van der Waals surface area (Å²) in [6, 6.07) is -3.26. The molecule has 3 fully saturated rings. The lowest BCUT2D eigenvalue weighted by molar-refractivity contribution is -0.270. The number of aliphatic hydroxyl groups excluding tert-OH is 9. The Labute approximate surface area is 667 Å². The third-order valence-electron chi connectivity index (χ3n) is 18.9. The lowest BCUT2D eigenvalue weighted by Gasteiger charge is -2.42. The summed E-state index contributed by atoms with van der Waals surface area (Å²) in [7, 11) is 0. The highest BCUT2D eigenvalue weighted by atomic mass is 16.7. The van der Waals surface area contributed by atoms with Crippen molar-refractivity contribution in [1.29, 1.82) is 0 Å². The first-order valence-corrected chi connectivity index (χ1v) is 40.3. The molecule has 0 aliphatic carbocycles. The average molecular weight is 1640 g/mol. The number of unbranched alkanes of at least 4 members (excludes halogenated alkanes) is 10. The van der Waals surface area contributed by atoms with Crippen LogP contribution in [-0.4, -0.2) is 333 Å². The Morgan fingerprint density at radius 2 is 0.614 bits per heavy atom. The van der Waals surface area contributed by atoms with Crippen LogP contribution in [0.25, 0.3) is 0 Å². The maximum Gasteiger partial charge on any atom is 0.222 e. The van der Waals surface area contributed by atoms with Crippen molar-refractivity contribution in [1.82, 2.24) is 53.2 Å². The number of hydrogen-bond acceptors (Lipinski definition) is 30. The monoisotopic (exact) mass is 1640 g/mol. The molecular formula is C75H134N10O29. The Balaban J connectivity index is 1.54. The first-order chi connectivity index (χ1) is 54.6. The van der Waals surface area contributed by atoms with E-state index >= 15 is 0 Å². The third-order valence-corrected chi connectivity index (χ3v) is 18.9. The molecule has 0 aromatic rings. The van der Waals surface area contributed by atoms with Crippen molar-refractivity contribution in [3.05, 3.63) is 0 Å². The molecule has 39 nitrogen and oxygen atoms in total. The van der Waals surface area contributed by atoms with Crippen molar-refractivity contribution in [2.75, 3.05) is 125 Å². The summed E-state index contributed by atoms with van der Waals surface area (Å²) in [6.07, 6.45) is -3.80. The topological polar surface area (TPSA) is 573 Å². The minimum atomic E-state index is -1.46. The molecule has 3 aliphatic heterocycles. The largest absolute Gasteiger partial charge is 0.394 e. The lowest BCUT2D eigenvalue weighted by atomic mass is 9.97. The van der Waals surface area contributed by atoms with E-state index in [-0.39, 0.29) is 184 Å². The molecule has 3 aliphatic rings. The predicted molar refractivity (Wildman–Crippen MR) is 406 cm³/mol. The second-order valence-electron chi connectivity index (χ2n) is 29.1. The number of ketones is 2. The summed E-state index contributed by atoms with van der Waals surface area (Å²) in [5.41, 5.74) is -1.39. The van der Waals surface area contributed by atoms with Gasteiger partial charge in [-0.2, -0.15) is 0 Å². The van der Waals surface area contributed by atoms with Gasteiger partial charge in [0, 0.05) is 125 Å². The van der Waals surface area contributed by atoms with Gasteiger partial charge in [-0.1, -0.05) is 38.5 Å². The summed E-state index contributed by atoms with van der Waals surface area (Å²) in [4.78, 5) is 138. The first kappa shape index (κ1) is 102. The summed E-state index contributed by atoms with van der Waals surface area (Å²) in [6.45, 7) is 4.48. The standard InChI is InChI=1S/C75H134N10O29/c1-49(89)22-11-9-7-5-6-8-10-12-26-62(99)85-75(47-107-40-28-60(97)80-34-20-32-78-58(95)24-14-17-37-110-73-64(83-51(3)91)70(104)67(101)55(44-87)113-73,48-108-41-29-61(98)81-35-21-33-79-59(96)25-15-18-38-111-74-65(84-52(4)92)71(105)68(102)56(45-88)114-74)46-106-39-27-53(93)42-76-30-19-31-77-57(94)23-13-16-36-109-72-63(82-50(2)90)69(103)66(100)54(43-86)112-72/h54-56,63-74,76,86-88,100-105H,5-48H2,1-4H3,(H,77,94)(H,78,95)(H,79,96)(H,80,97)(H,81,98)(H,82,90)(H,83,91)(H,84,92)(H,85,99)/t54?,55?,56?,63?,64?,65?,66-,67-,68-,69?,70?,71?,72-,73-,74-,75?/m1/s1. The van der Waals surface area contributed by atoms with E-state index in [0.29, 0.717) is 83.7 Å². The molecule has 19 N–H and O–H groups in total. The molecule has 658 valence electrons. The van der Waals surface area contributed by atoms with E-state index in [0.717, 1.165) is 44.9 Å². The van der Waals surface area contributed by atoms with E-state index in [2.05, 4.69) is 53.2 Å². The van der Waals surface area contributed by atoms with E-state index in [1.165, 1.54) is 20.8 Å². The van der Waals surface area contributed by atoms with Gasteiger partial charge in [0.2, 0.25) is 53.2 Å². The second kappa shape index (κ2) is 60.3. The Kier molecular flexibility index (Phi) is 54.0. The minimum absolute atomic E-state index is 0.00867. The number of ether oxygens (including phenoxy) is 9.